The zero-order chi connectivity index (χ0) is 17.9. The van der Waals surface area contributed by atoms with Crippen LogP contribution >= 0.6 is 0 Å². The molecule has 0 aromatic heterocycles. The van der Waals surface area contributed by atoms with Gasteiger partial charge in [-0.25, -0.2) is 0 Å². The maximum absolute atomic E-state index is 5.87. The molecule has 0 amide bonds. The van der Waals surface area contributed by atoms with Crippen LogP contribution in [-0.2, 0) is 22.3 Å². The van der Waals surface area contributed by atoms with E-state index in [2.05, 4.69) is 60.7 Å². The average molecular weight is 348 g/mol. The summed E-state index contributed by atoms with van der Waals surface area (Å²) in [4.78, 5) is 4.69. The summed E-state index contributed by atoms with van der Waals surface area (Å²) in [7, 11) is 0. The van der Waals surface area contributed by atoms with Crippen LogP contribution < -0.4 is 10.6 Å². The molecule has 2 rings (SSSR count). The van der Waals surface area contributed by atoms with E-state index >= 15 is 0 Å². The van der Waals surface area contributed by atoms with Crippen LogP contribution in [0, 0.1) is 0 Å². The van der Waals surface area contributed by atoms with Crippen LogP contribution in [0.1, 0.15) is 38.3 Å². The number of rotatable bonds is 9. The molecule has 2 unspecified atom stereocenters. The van der Waals surface area contributed by atoms with Gasteiger partial charge in [0.25, 0.3) is 0 Å². The number of hydrogen-bond acceptors (Lipinski definition) is 3. The van der Waals surface area contributed by atoms with Crippen LogP contribution in [0.5, 0.6) is 0 Å². The van der Waals surface area contributed by atoms with Crippen LogP contribution in [0.3, 0.4) is 0 Å². The van der Waals surface area contributed by atoms with Crippen LogP contribution in [0.2, 0.25) is 0 Å². The first-order valence-electron chi connectivity index (χ1n) is 9.53. The molecule has 5 heteroatoms. The van der Waals surface area contributed by atoms with Gasteiger partial charge in [0.15, 0.2) is 5.96 Å². The zero-order valence-corrected chi connectivity index (χ0v) is 15.9. The van der Waals surface area contributed by atoms with Crippen molar-refractivity contribution in [1.29, 1.82) is 0 Å². The van der Waals surface area contributed by atoms with Crippen molar-refractivity contribution in [2.75, 3.05) is 32.9 Å². The SMILES string of the molecule is CCNC(=NCCc1ccc(CC)cc1)NC(C)COC1CCOC1. The van der Waals surface area contributed by atoms with Crippen LogP contribution in [0.25, 0.3) is 0 Å². The van der Waals surface area contributed by atoms with Crippen molar-refractivity contribution < 1.29 is 9.47 Å². The van der Waals surface area contributed by atoms with Crippen molar-refractivity contribution in [2.24, 2.45) is 4.99 Å². The minimum absolute atomic E-state index is 0.210. The molecule has 25 heavy (non-hydrogen) atoms. The summed E-state index contributed by atoms with van der Waals surface area (Å²) in [6, 6.07) is 9.02. The molecule has 5 nitrogen and oxygen atoms in total. The van der Waals surface area contributed by atoms with Crippen LogP contribution in [-0.4, -0.2) is 51.0 Å². The molecular weight excluding hydrogens is 314 g/mol. The number of aryl methyl sites for hydroxylation is 1. The molecular formula is C20H33N3O2. The number of ether oxygens (including phenoxy) is 2. The molecule has 1 aliphatic heterocycles. The number of guanidine groups is 1. The minimum Gasteiger partial charge on any atom is -0.379 e. The molecule has 1 aromatic rings. The monoisotopic (exact) mass is 347 g/mol. The summed E-state index contributed by atoms with van der Waals surface area (Å²) in [6.45, 7) is 10.2. The summed E-state index contributed by atoms with van der Waals surface area (Å²) in [5, 5.41) is 6.72. The van der Waals surface area contributed by atoms with Crippen molar-refractivity contribution >= 4 is 5.96 Å². The first-order valence-corrected chi connectivity index (χ1v) is 9.53. The highest BCUT2D eigenvalue weighted by Crippen LogP contribution is 2.08. The second kappa shape index (κ2) is 11.1. The van der Waals surface area contributed by atoms with Crippen LogP contribution in [0.4, 0.5) is 0 Å². The van der Waals surface area contributed by atoms with E-state index in [0.29, 0.717) is 6.61 Å². The fourth-order valence-corrected chi connectivity index (χ4v) is 2.76. The van der Waals surface area contributed by atoms with Crippen LogP contribution in [0.15, 0.2) is 29.3 Å². The largest absolute Gasteiger partial charge is 0.379 e. The van der Waals surface area contributed by atoms with Crippen molar-refractivity contribution in [3.8, 4) is 0 Å². The first-order chi connectivity index (χ1) is 12.2. The Balaban J connectivity index is 1.75. The Hall–Kier alpha value is -1.59. The van der Waals surface area contributed by atoms with Gasteiger partial charge in [0.05, 0.1) is 19.3 Å². The van der Waals surface area contributed by atoms with Gasteiger partial charge in [0, 0.05) is 25.7 Å². The van der Waals surface area contributed by atoms with Gasteiger partial charge in [-0.05, 0) is 44.2 Å². The number of nitrogens with one attached hydrogen (secondary N) is 2. The summed E-state index contributed by atoms with van der Waals surface area (Å²) >= 11 is 0. The Morgan fingerprint density at radius 2 is 2.04 bits per heavy atom. The number of hydrogen-bond donors (Lipinski definition) is 2. The van der Waals surface area contributed by atoms with E-state index in [1.54, 1.807) is 0 Å². The second-order valence-electron chi connectivity index (χ2n) is 6.55. The summed E-state index contributed by atoms with van der Waals surface area (Å²) < 4.78 is 11.2. The third-order valence-corrected chi connectivity index (χ3v) is 4.30. The van der Waals surface area contributed by atoms with E-state index in [0.717, 1.165) is 51.5 Å². The maximum atomic E-state index is 5.87. The predicted molar refractivity (Wildman–Crippen MR) is 103 cm³/mol. The standard InChI is InChI=1S/C20H33N3O2/c1-4-17-6-8-18(9-7-17)10-12-22-20(21-5-2)23-16(3)14-25-19-11-13-24-15-19/h6-9,16,19H,4-5,10-15H2,1-3H3,(H2,21,22,23). The van der Waals surface area contributed by atoms with Crippen molar-refractivity contribution in [2.45, 2.75) is 52.2 Å². The van der Waals surface area contributed by atoms with Crippen molar-refractivity contribution in [3.63, 3.8) is 0 Å². The molecule has 2 atom stereocenters. The maximum Gasteiger partial charge on any atom is 0.191 e. The second-order valence-corrected chi connectivity index (χ2v) is 6.55. The minimum atomic E-state index is 0.210. The molecule has 0 saturated carbocycles. The summed E-state index contributed by atoms with van der Waals surface area (Å²) in [6.07, 6.45) is 3.28. The highest BCUT2D eigenvalue weighted by atomic mass is 16.5. The summed E-state index contributed by atoms with van der Waals surface area (Å²) in [5.74, 6) is 0.853. The lowest BCUT2D eigenvalue weighted by atomic mass is 10.1. The number of aliphatic imine (C=N–C) groups is 1. The third kappa shape index (κ3) is 7.45. The molecule has 1 saturated heterocycles. The fourth-order valence-electron chi connectivity index (χ4n) is 2.76. The molecule has 0 aliphatic carbocycles. The highest BCUT2D eigenvalue weighted by Gasteiger charge is 2.17. The number of benzene rings is 1. The smallest absolute Gasteiger partial charge is 0.191 e. The molecule has 140 valence electrons. The van der Waals surface area contributed by atoms with E-state index in [1.807, 2.05) is 0 Å². The van der Waals surface area contributed by atoms with Gasteiger partial charge in [0.2, 0.25) is 0 Å². The van der Waals surface area contributed by atoms with Gasteiger partial charge in [-0.3, -0.25) is 4.99 Å². The quantitative estimate of drug-likeness (QED) is 0.532. The van der Waals surface area contributed by atoms with E-state index in [-0.39, 0.29) is 12.1 Å². The molecule has 2 N–H and O–H groups in total. The lowest BCUT2D eigenvalue weighted by Crippen LogP contribution is -2.44. The molecule has 0 spiro atoms. The first kappa shape index (κ1) is 19.7. The molecule has 0 bridgehead atoms. The van der Waals surface area contributed by atoms with E-state index in [9.17, 15) is 0 Å². The lowest BCUT2D eigenvalue weighted by Gasteiger charge is -2.19. The normalized spacial score (nSPS) is 19.0. The van der Waals surface area contributed by atoms with Gasteiger partial charge in [-0.2, -0.15) is 0 Å². The van der Waals surface area contributed by atoms with E-state index in [1.165, 1.54) is 11.1 Å². The zero-order valence-electron chi connectivity index (χ0n) is 15.9. The van der Waals surface area contributed by atoms with Crippen molar-refractivity contribution in [3.05, 3.63) is 35.4 Å². The highest BCUT2D eigenvalue weighted by molar-refractivity contribution is 5.80. The molecule has 1 fully saturated rings. The Kier molecular flexibility index (Phi) is 8.77. The van der Waals surface area contributed by atoms with E-state index < -0.39 is 0 Å². The van der Waals surface area contributed by atoms with Gasteiger partial charge >= 0.3 is 0 Å². The number of nitrogens with zero attached hydrogens (tertiary/aromatic N) is 1. The Morgan fingerprint density at radius 3 is 2.68 bits per heavy atom. The third-order valence-electron chi connectivity index (χ3n) is 4.30. The summed E-state index contributed by atoms with van der Waals surface area (Å²) in [5.41, 5.74) is 2.71. The Bertz CT molecular complexity index is 510. The molecule has 0 radical (unpaired) electrons. The average Bonchev–Trinajstić information content (AvgIpc) is 3.14. The van der Waals surface area contributed by atoms with Gasteiger partial charge in [0.1, 0.15) is 0 Å². The Morgan fingerprint density at radius 1 is 1.28 bits per heavy atom. The van der Waals surface area contributed by atoms with Gasteiger partial charge in [-0.15, -0.1) is 0 Å². The van der Waals surface area contributed by atoms with Gasteiger partial charge < -0.3 is 20.1 Å². The molecule has 1 aliphatic rings. The predicted octanol–water partition coefficient (Wildman–Crippen LogP) is 2.54. The van der Waals surface area contributed by atoms with Crippen molar-refractivity contribution in [1.82, 2.24) is 10.6 Å². The molecule has 1 aromatic carbocycles. The molecule has 1 heterocycles. The lowest BCUT2D eigenvalue weighted by molar-refractivity contribution is 0.0347. The topological polar surface area (TPSA) is 54.9 Å². The van der Waals surface area contributed by atoms with Gasteiger partial charge in [-0.1, -0.05) is 31.2 Å². The fraction of sp³-hybridized carbons (Fsp3) is 0.650. The Labute approximate surface area is 152 Å². The van der Waals surface area contributed by atoms with E-state index in [4.69, 9.17) is 9.47 Å².